The summed E-state index contributed by atoms with van der Waals surface area (Å²) in [6.07, 6.45) is 7.92. The SMILES string of the molecule is C=C/C=c1/[nH]c(CCCN)c/c1=C/C.CC. The smallest absolute Gasteiger partial charge is 0.0452 e. The van der Waals surface area contributed by atoms with E-state index in [1.165, 1.54) is 10.9 Å². The Morgan fingerprint density at radius 2 is 2.12 bits per heavy atom. The molecule has 0 saturated heterocycles. The predicted octanol–water partition coefficient (Wildman–Crippen LogP) is 1.70. The summed E-state index contributed by atoms with van der Waals surface area (Å²) in [7, 11) is 0. The van der Waals surface area contributed by atoms with E-state index >= 15 is 0 Å². The molecule has 1 heterocycles. The Balaban J connectivity index is 0.00000106. The Hall–Kier alpha value is -1.28. The molecule has 16 heavy (non-hydrogen) atoms. The van der Waals surface area contributed by atoms with E-state index in [2.05, 4.69) is 23.7 Å². The van der Waals surface area contributed by atoms with Gasteiger partial charge in [-0.25, -0.2) is 0 Å². The molecule has 90 valence electrons. The summed E-state index contributed by atoms with van der Waals surface area (Å²) in [4.78, 5) is 3.35. The summed E-state index contributed by atoms with van der Waals surface area (Å²) in [5, 5.41) is 2.37. The maximum Gasteiger partial charge on any atom is 0.0452 e. The molecule has 0 spiro atoms. The van der Waals surface area contributed by atoms with E-state index in [1.807, 2.05) is 26.8 Å². The molecule has 0 radical (unpaired) electrons. The molecule has 0 aliphatic carbocycles. The van der Waals surface area contributed by atoms with Crippen molar-refractivity contribution in [3.8, 4) is 0 Å². The molecule has 0 bridgehead atoms. The monoisotopic (exact) mass is 220 g/mol. The van der Waals surface area contributed by atoms with Crippen LogP contribution >= 0.6 is 0 Å². The first-order valence-corrected chi connectivity index (χ1v) is 5.99. The van der Waals surface area contributed by atoms with Crippen LogP contribution in [0.5, 0.6) is 0 Å². The lowest BCUT2D eigenvalue weighted by atomic mass is 10.2. The van der Waals surface area contributed by atoms with Crippen molar-refractivity contribution in [1.29, 1.82) is 0 Å². The van der Waals surface area contributed by atoms with Gasteiger partial charge in [0.15, 0.2) is 0 Å². The number of aryl methyl sites for hydroxylation is 1. The van der Waals surface area contributed by atoms with Crippen molar-refractivity contribution in [3.63, 3.8) is 0 Å². The molecule has 0 unspecified atom stereocenters. The third-order valence-electron chi connectivity index (χ3n) is 2.18. The number of nitrogens with two attached hydrogens (primary N) is 1. The summed E-state index contributed by atoms with van der Waals surface area (Å²) in [5.41, 5.74) is 6.71. The van der Waals surface area contributed by atoms with Gasteiger partial charge in [-0.15, -0.1) is 0 Å². The second-order valence-corrected chi connectivity index (χ2v) is 3.25. The van der Waals surface area contributed by atoms with Gasteiger partial charge in [0, 0.05) is 11.0 Å². The average molecular weight is 220 g/mol. The van der Waals surface area contributed by atoms with Gasteiger partial charge in [-0.1, -0.05) is 32.6 Å². The molecule has 0 aliphatic rings. The fourth-order valence-corrected chi connectivity index (χ4v) is 1.47. The summed E-state index contributed by atoms with van der Waals surface area (Å²) in [5.74, 6) is 0. The van der Waals surface area contributed by atoms with Gasteiger partial charge in [-0.3, -0.25) is 0 Å². The highest BCUT2D eigenvalue weighted by atomic mass is 14.7. The summed E-state index contributed by atoms with van der Waals surface area (Å²) in [6, 6.07) is 2.17. The number of rotatable bonds is 4. The Labute approximate surface area is 98.6 Å². The second kappa shape index (κ2) is 8.98. The molecule has 1 aromatic heterocycles. The molecule has 0 amide bonds. The van der Waals surface area contributed by atoms with Crippen molar-refractivity contribution in [3.05, 3.63) is 35.0 Å². The number of hydrogen-bond donors (Lipinski definition) is 2. The number of hydrogen-bond acceptors (Lipinski definition) is 1. The van der Waals surface area contributed by atoms with Crippen molar-refractivity contribution in [2.45, 2.75) is 33.6 Å². The van der Waals surface area contributed by atoms with Crippen LogP contribution in [0.15, 0.2) is 18.7 Å². The van der Waals surface area contributed by atoms with E-state index in [0.29, 0.717) is 0 Å². The van der Waals surface area contributed by atoms with Gasteiger partial charge < -0.3 is 10.7 Å². The van der Waals surface area contributed by atoms with Crippen LogP contribution in [0.1, 0.15) is 32.9 Å². The average Bonchev–Trinajstić information content (AvgIpc) is 2.72. The quantitative estimate of drug-likeness (QED) is 0.797. The molecule has 2 heteroatoms. The highest BCUT2D eigenvalue weighted by Gasteiger charge is 1.94. The molecule has 2 nitrogen and oxygen atoms in total. The number of aromatic nitrogens is 1. The lowest BCUT2D eigenvalue weighted by Crippen LogP contribution is -2.20. The zero-order valence-electron chi connectivity index (χ0n) is 10.7. The van der Waals surface area contributed by atoms with Gasteiger partial charge in [-0.2, -0.15) is 0 Å². The lowest BCUT2D eigenvalue weighted by Gasteiger charge is -1.92. The molecule has 0 atom stereocenters. The van der Waals surface area contributed by atoms with Gasteiger partial charge in [0.05, 0.1) is 0 Å². The number of nitrogens with one attached hydrogen (secondary N) is 1. The zero-order valence-corrected chi connectivity index (χ0v) is 10.7. The maximum atomic E-state index is 5.47. The Morgan fingerprint density at radius 3 is 2.62 bits per heavy atom. The minimum atomic E-state index is 0.741. The zero-order chi connectivity index (χ0) is 12.4. The topological polar surface area (TPSA) is 41.8 Å². The first-order valence-electron chi connectivity index (χ1n) is 5.99. The fourth-order valence-electron chi connectivity index (χ4n) is 1.47. The first-order chi connectivity index (χ1) is 7.81. The minimum Gasteiger partial charge on any atom is -0.358 e. The molecule has 0 aromatic carbocycles. The van der Waals surface area contributed by atoms with Crippen LogP contribution in [0.25, 0.3) is 12.2 Å². The minimum absolute atomic E-state index is 0.741. The Bertz CT molecular complexity index is 399. The highest BCUT2D eigenvalue weighted by molar-refractivity contribution is 5.36. The van der Waals surface area contributed by atoms with E-state index in [1.54, 1.807) is 6.08 Å². The normalized spacial score (nSPS) is 12.2. The molecule has 0 saturated carbocycles. The second-order valence-electron chi connectivity index (χ2n) is 3.25. The maximum absolute atomic E-state index is 5.47. The van der Waals surface area contributed by atoms with Crippen LogP contribution in [0.2, 0.25) is 0 Å². The summed E-state index contributed by atoms with van der Waals surface area (Å²) in [6.45, 7) is 10.5. The molecular weight excluding hydrogens is 196 g/mol. The van der Waals surface area contributed by atoms with Crippen molar-refractivity contribution >= 4 is 12.2 Å². The Kier molecular flexibility index (Phi) is 8.26. The molecule has 1 rings (SSSR count). The molecule has 0 fully saturated rings. The van der Waals surface area contributed by atoms with E-state index in [4.69, 9.17) is 5.73 Å². The van der Waals surface area contributed by atoms with Crippen LogP contribution < -0.4 is 16.3 Å². The van der Waals surface area contributed by atoms with Crippen molar-refractivity contribution in [1.82, 2.24) is 4.98 Å². The van der Waals surface area contributed by atoms with Gasteiger partial charge in [0.2, 0.25) is 0 Å². The molecule has 0 aliphatic heterocycles. The van der Waals surface area contributed by atoms with Crippen LogP contribution in [0, 0.1) is 0 Å². The fraction of sp³-hybridized carbons (Fsp3) is 0.429. The lowest BCUT2D eigenvalue weighted by molar-refractivity contribution is 0.814. The van der Waals surface area contributed by atoms with Crippen LogP contribution in [-0.2, 0) is 6.42 Å². The molecule has 3 N–H and O–H groups in total. The molecule has 1 aromatic rings. The number of allylic oxidation sites excluding steroid dienone is 1. The Morgan fingerprint density at radius 1 is 1.44 bits per heavy atom. The standard InChI is InChI=1S/C12H18N2.C2H6/c1-3-6-12-10(4-2)9-11(14-12)7-5-8-13;1-2/h3-4,6,9,14H,1,5,7-8,13H2,2H3;1-2H3/b10-4-,12-6+;. The van der Waals surface area contributed by atoms with E-state index in [0.717, 1.165) is 24.7 Å². The largest absolute Gasteiger partial charge is 0.358 e. The van der Waals surface area contributed by atoms with Gasteiger partial charge in [-0.05, 0) is 43.7 Å². The van der Waals surface area contributed by atoms with Gasteiger partial charge >= 0.3 is 0 Å². The van der Waals surface area contributed by atoms with E-state index < -0.39 is 0 Å². The van der Waals surface area contributed by atoms with Crippen LogP contribution in [0.3, 0.4) is 0 Å². The number of H-pyrrole nitrogens is 1. The number of aromatic amines is 1. The van der Waals surface area contributed by atoms with Crippen molar-refractivity contribution in [2.75, 3.05) is 6.54 Å². The van der Waals surface area contributed by atoms with Crippen LogP contribution in [-0.4, -0.2) is 11.5 Å². The van der Waals surface area contributed by atoms with Gasteiger partial charge in [0.1, 0.15) is 0 Å². The summed E-state index contributed by atoms with van der Waals surface area (Å²) >= 11 is 0. The summed E-state index contributed by atoms with van der Waals surface area (Å²) < 4.78 is 0. The molecular formula is C14H24N2. The third-order valence-corrected chi connectivity index (χ3v) is 2.18. The predicted molar refractivity (Wildman–Crippen MR) is 73.6 cm³/mol. The van der Waals surface area contributed by atoms with Crippen molar-refractivity contribution in [2.24, 2.45) is 5.73 Å². The van der Waals surface area contributed by atoms with Gasteiger partial charge in [0.25, 0.3) is 0 Å². The van der Waals surface area contributed by atoms with Crippen molar-refractivity contribution < 1.29 is 0 Å². The van der Waals surface area contributed by atoms with Crippen LogP contribution in [0.4, 0.5) is 0 Å². The third kappa shape index (κ3) is 4.49. The van der Waals surface area contributed by atoms with E-state index in [-0.39, 0.29) is 0 Å². The first kappa shape index (κ1) is 14.7. The highest BCUT2D eigenvalue weighted by Crippen LogP contribution is 1.92. The van der Waals surface area contributed by atoms with E-state index in [9.17, 15) is 0 Å².